The van der Waals surface area contributed by atoms with Crippen LogP contribution in [-0.4, -0.2) is 4.98 Å². The van der Waals surface area contributed by atoms with Crippen molar-refractivity contribution < 1.29 is 13.2 Å². The van der Waals surface area contributed by atoms with E-state index in [-0.39, 0.29) is 0 Å². The van der Waals surface area contributed by atoms with E-state index in [4.69, 9.17) is 0 Å². The normalized spacial score (nSPS) is 11.9. The van der Waals surface area contributed by atoms with Crippen LogP contribution in [-0.2, 0) is 6.18 Å². The number of hydrogen-bond donors (Lipinski definition) is 0. The summed E-state index contributed by atoms with van der Waals surface area (Å²) < 4.78 is 40.3. The summed E-state index contributed by atoms with van der Waals surface area (Å²) in [6.45, 7) is 0. The standard InChI is InChI=1S/C16H8F3I2N/c17-16(18,19)10-6-7-12-11(8-10)14(20)13(15(21)22-12)9-4-2-1-3-5-9/h1-8H. The Bertz CT molecular complexity index is 845. The maximum absolute atomic E-state index is 12.9. The summed E-state index contributed by atoms with van der Waals surface area (Å²) >= 11 is 4.22. The van der Waals surface area contributed by atoms with E-state index < -0.39 is 11.7 Å². The molecule has 1 heterocycles. The maximum atomic E-state index is 12.9. The highest BCUT2D eigenvalue weighted by Crippen LogP contribution is 2.37. The second-order valence-electron chi connectivity index (χ2n) is 4.69. The third-order valence-corrected chi connectivity index (χ3v) is 5.17. The van der Waals surface area contributed by atoms with Crippen molar-refractivity contribution in [3.63, 3.8) is 0 Å². The van der Waals surface area contributed by atoms with Crippen LogP contribution in [0.3, 0.4) is 0 Å². The van der Waals surface area contributed by atoms with E-state index in [9.17, 15) is 13.2 Å². The molecule has 1 aromatic heterocycles. The molecule has 1 nitrogen and oxygen atoms in total. The molecule has 0 fully saturated rings. The molecule has 0 saturated carbocycles. The van der Waals surface area contributed by atoms with Gasteiger partial charge in [-0.2, -0.15) is 13.2 Å². The Morgan fingerprint density at radius 3 is 2.23 bits per heavy atom. The number of benzene rings is 2. The molecule has 0 aliphatic carbocycles. The van der Waals surface area contributed by atoms with E-state index in [1.54, 1.807) is 0 Å². The van der Waals surface area contributed by atoms with Gasteiger partial charge in [0.25, 0.3) is 0 Å². The minimum Gasteiger partial charge on any atom is -0.241 e. The Morgan fingerprint density at radius 2 is 1.59 bits per heavy atom. The summed E-state index contributed by atoms with van der Waals surface area (Å²) in [5, 5.41) is 0.523. The zero-order chi connectivity index (χ0) is 15.9. The smallest absolute Gasteiger partial charge is 0.241 e. The lowest BCUT2D eigenvalue weighted by molar-refractivity contribution is -0.137. The zero-order valence-corrected chi connectivity index (χ0v) is 15.3. The second-order valence-corrected chi connectivity index (χ2v) is 6.79. The van der Waals surface area contributed by atoms with Crippen LogP contribution in [0.4, 0.5) is 13.2 Å². The van der Waals surface area contributed by atoms with Crippen molar-refractivity contribution in [1.29, 1.82) is 0 Å². The quantitative estimate of drug-likeness (QED) is 0.276. The van der Waals surface area contributed by atoms with Crippen molar-refractivity contribution in [1.82, 2.24) is 4.98 Å². The van der Waals surface area contributed by atoms with Crippen LogP contribution >= 0.6 is 45.2 Å². The lowest BCUT2D eigenvalue weighted by Crippen LogP contribution is -2.05. The van der Waals surface area contributed by atoms with E-state index in [0.717, 1.165) is 24.5 Å². The monoisotopic (exact) mass is 525 g/mol. The number of nitrogens with zero attached hydrogens (tertiary/aromatic N) is 1. The first-order valence-electron chi connectivity index (χ1n) is 6.29. The number of rotatable bonds is 1. The molecule has 0 aliphatic rings. The molecule has 0 atom stereocenters. The molecule has 0 bridgehead atoms. The summed E-state index contributed by atoms with van der Waals surface area (Å²) in [7, 11) is 0. The summed E-state index contributed by atoms with van der Waals surface area (Å²) in [6, 6.07) is 13.2. The SMILES string of the molecule is FC(F)(F)c1ccc2nc(I)c(-c3ccccc3)c(I)c2c1. The van der Waals surface area contributed by atoms with E-state index in [1.165, 1.54) is 12.1 Å². The first-order chi connectivity index (χ1) is 10.4. The van der Waals surface area contributed by atoms with Crippen molar-refractivity contribution in [2.75, 3.05) is 0 Å². The summed E-state index contributed by atoms with van der Waals surface area (Å²) in [5.41, 5.74) is 1.73. The van der Waals surface area contributed by atoms with E-state index in [1.807, 2.05) is 30.3 Å². The average molecular weight is 525 g/mol. The number of aromatic nitrogens is 1. The van der Waals surface area contributed by atoms with Gasteiger partial charge >= 0.3 is 6.18 Å². The second kappa shape index (κ2) is 5.95. The van der Waals surface area contributed by atoms with Crippen molar-refractivity contribution in [3.8, 4) is 11.1 Å². The first kappa shape index (κ1) is 16.0. The number of halogens is 5. The van der Waals surface area contributed by atoms with Crippen molar-refractivity contribution >= 4 is 56.1 Å². The van der Waals surface area contributed by atoms with Gasteiger partial charge in [0.2, 0.25) is 0 Å². The van der Waals surface area contributed by atoms with Crippen LogP contribution in [0.5, 0.6) is 0 Å². The highest BCUT2D eigenvalue weighted by Gasteiger charge is 2.31. The number of alkyl halides is 3. The van der Waals surface area contributed by atoms with Gasteiger partial charge in [0.15, 0.2) is 0 Å². The van der Waals surface area contributed by atoms with Gasteiger partial charge in [0.1, 0.15) is 3.70 Å². The average Bonchev–Trinajstić information content (AvgIpc) is 2.47. The molecular weight excluding hydrogens is 517 g/mol. The molecular formula is C16H8F3I2N. The fourth-order valence-electron chi connectivity index (χ4n) is 2.22. The minimum atomic E-state index is -4.35. The molecule has 0 spiro atoms. The molecule has 0 unspecified atom stereocenters. The summed E-state index contributed by atoms with van der Waals surface area (Å²) in [6.07, 6.45) is -4.35. The molecule has 3 rings (SSSR count). The molecule has 0 amide bonds. The van der Waals surface area contributed by atoms with Crippen LogP contribution in [0.1, 0.15) is 5.56 Å². The van der Waals surface area contributed by atoms with Crippen LogP contribution in [0, 0.1) is 7.27 Å². The predicted octanol–water partition coefficient (Wildman–Crippen LogP) is 6.13. The molecule has 0 N–H and O–H groups in total. The third-order valence-electron chi connectivity index (χ3n) is 3.27. The van der Waals surface area contributed by atoms with Crippen LogP contribution in [0.15, 0.2) is 48.5 Å². The molecule has 112 valence electrons. The van der Waals surface area contributed by atoms with E-state index in [2.05, 4.69) is 50.2 Å². The van der Waals surface area contributed by atoms with Gasteiger partial charge in [-0.3, -0.25) is 0 Å². The van der Waals surface area contributed by atoms with Gasteiger partial charge in [-0.1, -0.05) is 30.3 Å². The Hall–Kier alpha value is -0.900. The van der Waals surface area contributed by atoms with Crippen molar-refractivity contribution in [3.05, 3.63) is 61.4 Å². The number of fused-ring (bicyclic) bond motifs is 1. The highest BCUT2D eigenvalue weighted by atomic mass is 127. The zero-order valence-electron chi connectivity index (χ0n) is 11.0. The maximum Gasteiger partial charge on any atom is 0.416 e. The summed E-state index contributed by atoms with van der Waals surface area (Å²) in [5.74, 6) is 0. The topological polar surface area (TPSA) is 12.9 Å². The lowest BCUT2D eigenvalue weighted by atomic mass is 10.0. The van der Waals surface area contributed by atoms with Gasteiger partial charge in [-0.15, -0.1) is 0 Å². The Balaban J connectivity index is 2.31. The van der Waals surface area contributed by atoms with Crippen molar-refractivity contribution in [2.45, 2.75) is 6.18 Å². The lowest BCUT2D eigenvalue weighted by Gasteiger charge is -2.13. The molecule has 2 aromatic carbocycles. The molecule has 0 saturated heterocycles. The summed E-state index contributed by atoms with van der Waals surface area (Å²) in [4.78, 5) is 4.45. The molecule has 6 heteroatoms. The number of hydrogen-bond acceptors (Lipinski definition) is 1. The van der Waals surface area contributed by atoms with Crippen LogP contribution < -0.4 is 0 Å². The van der Waals surface area contributed by atoms with Gasteiger partial charge in [0, 0.05) is 14.5 Å². The fraction of sp³-hybridized carbons (Fsp3) is 0.0625. The Morgan fingerprint density at radius 1 is 0.909 bits per heavy atom. The van der Waals surface area contributed by atoms with E-state index in [0.29, 0.717) is 10.9 Å². The van der Waals surface area contributed by atoms with Gasteiger partial charge in [0.05, 0.1) is 11.1 Å². The number of pyridine rings is 1. The molecule has 0 aliphatic heterocycles. The van der Waals surface area contributed by atoms with E-state index >= 15 is 0 Å². The third kappa shape index (κ3) is 2.94. The largest absolute Gasteiger partial charge is 0.416 e. The Labute approximate surface area is 152 Å². The minimum absolute atomic E-state index is 0.523. The highest BCUT2D eigenvalue weighted by molar-refractivity contribution is 14.1. The van der Waals surface area contributed by atoms with Gasteiger partial charge in [-0.05, 0) is 68.9 Å². The molecule has 0 radical (unpaired) electrons. The fourth-order valence-corrected chi connectivity index (χ4v) is 4.58. The van der Waals surface area contributed by atoms with Crippen molar-refractivity contribution in [2.24, 2.45) is 0 Å². The molecule has 3 aromatic rings. The van der Waals surface area contributed by atoms with Crippen LogP contribution in [0.2, 0.25) is 0 Å². The van der Waals surface area contributed by atoms with Crippen LogP contribution in [0.25, 0.3) is 22.0 Å². The molecule has 22 heavy (non-hydrogen) atoms. The Kier molecular flexibility index (Phi) is 4.32. The predicted molar refractivity (Wildman–Crippen MR) is 97.6 cm³/mol. The first-order valence-corrected chi connectivity index (χ1v) is 8.45. The van der Waals surface area contributed by atoms with Gasteiger partial charge in [-0.25, -0.2) is 4.98 Å². The van der Waals surface area contributed by atoms with Gasteiger partial charge < -0.3 is 0 Å².